The summed E-state index contributed by atoms with van der Waals surface area (Å²) in [6.07, 6.45) is 5.23. The topological polar surface area (TPSA) is 28.7 Å². The Hall–Kier alpha value is -1.31. The van der Waals surface area contributed by atoms with Crippen LogP contribution in [0.1, 0.15) is 69.3 Å². The molecule has 1 aliphatic carbocycles. The lowest BCUT2D eigenvalue weighted by Gasteiger charge is -2.36. The van der Waals surface area contributed by atoms with E-state index < -0.39 is 0 Å². The van der Waals surface area contributed by atoms with Crippen LogP contribution in [0.15, 0.2) is 12.1 Å². The third-order valence-electron chi connectivity index (χ3n) is 5.45. The van der Waals surface area contributed by atoms with Crippen LogP contribution in [0.2, 0.25) is 0 Å². The first kappa shape index (κ1) is 14.6. The Bertz CT molecular complexity index is 598. The molecule has 0 unspecified atom stereocenters. The van der Waals surface area contributed by atoms with E-state index >= 15 is 0 Å². The van der Waals surface area contributed by atoms with Crippen molar-refractivity contribution >= 4 is 11.0 Å². The van der Waals surface area contributed by atoms with Crippen molar-refractivity contribution in [3.8, 4) is 0 Å². The number of hydrogen-bond acceptors (Lipinski definition) is 1. The van der Waals surface area contributed by atoms with Gasteiger partial charge in [-0.1, -0.05) is 20.8 Å². The Kier molecular flexibility index (Phi) is 3.59. The molecule has 1 aliphatic rings. The summed E-state index contributed by atoms with van der Waals surface area (Å²) in [6, 6.07) is 4.45. The zero-order valence-corrected chi connectivity index (χ0v) is 14.1. The number of rotatable bonds is 1. The number of aromatic amines is 1. The van der Waals surface area contributed by atoms with Crippen molar-refractivity contribution in [3.63, 3.8) is 0 Å². The van der Waals surface area contributed by atoms with Crippen LogP contribution in [-0.2, 0) is 0 Å². The van der Waals surface area contributed by atoms with Crippen LogP contribution in [0.3, 0.4) is 0 Å². The molecule has 0 aliphatic heterocycles. The molecule has 21 heavy (non-hydrogen) atoms. The summed E-state index contributed by atoms with van der Waals surface area (Å²) >= 11 is 0. The van der Waals surface area contributed by atoms with Gasteiger partial charge in [-0.05, 0) is 74.1 Å². The lowest BCUT2D eigenvalue weighted by molar-refractivity contribution is 0.167. The number of fused-ring (bicyclic) bond motifs is 1. The molecule has 0 atom stereocenters. The minimum absolute atomic E-state index is 0.451. The van der Waals surface area contributed by atoms with Crippen LogP contribution in [0, 0.1) is 25.2 Å². The van der Waals surface area contributed by atoms with E-state index in [1.807, 2.05) is 0 Å². The number of H-pyrrole nitrogens is 1. The van der Waals surface area contributed by atoms with Crippen LogP contribution in [0.5, 0.6) is 0 Å². The Morgan fingerprint density at radius 3 is 2.24 bits per heavy atom. The number of nitrogens with zero attached hydrogens (tertiary/aromatic N) is 1. The van der Waals surface area contributed by atoms with Crippen LogP contribution >= 0.6 is 0 Å². The summed E-state index contributed by atoms with van der Waals surface area (Å²) in [7, 11) is 0. The van der Waals surface area contributed by atoms with E-state index in [1.54, 1.807) is 0 Å². The maximum atomic E-state index is 4.87. The molecule has 2 heteroatoms. The smallest absolute Gasteiger partial charge is 0.110 e. The number of imidazole rings is 1. The average molecular weight is 284 g/mol. The summed E-state index contributed by atoms with van der Waals surface area (Å²) in [5.74, 6) is 2.70. The van der Waals surface area contributed by atoms with Crippen LogP contribution in [0.25, 0.3) is 11.0 Å². The third kappa shape index (κ3) is 2.86. The zero-order chi connectivity index (χ0) is 15.2. The molecular weight excluding hydrogens is 256 g/mol. The SMILES string of the molecule is Cc1cc2nc(C3CCC(C(C)(C)C)CC3)[nH]c2cc1C. The third-order valence-corrected chi connectivity index (χ3v) is 5.45. The Morgan fingerprint density at radius 2 is 1.62 bits per heavy atom. The average Bonchev–Trinajstić information content (AvgIpc) is 2.81. The second-order valence-electron chi connectivity index (χ2n) is 7.99. The molecule has 1 aromatic heterocycles. The van der Waals surface area contributed by atoms with Gasteiger partial charge >= 0.3 is 0 Å². The van der Waals surface area contributed by atoms with Gasteiger partial charge in [0.05, 0.1) is 11.0 Å². The Labute approximate surface area is 128 Å². The van der Waals surface area contributed by atoms with Crippen molar-refractivity contribution in [3.05, 3.63) is 29.1 Å². The molecule has 0 bridgehead atoms. The summed E-state index contributed by atoms with van der Waals surface area (Å²) in [4.78, 5) is 8.45. The second kappa shape index (κ2) is 5.15. The van der Waals surface area contributed by atoms with Gasteiger partial charge in [0.15, 0.2) is 0 Å². The van der Waals surface area contributed by atoms with Gasteiger partial charge in [0.2, 0.25) is 0 Å². The normalized spacial score (nSPS) is 23.7. The molecule has 114 valence electrons. The minimum Gasteiger partial charge on any atom is -0.342 e. The highest BCUT2D eigenvalue weighted by molar-refractivity contribution is 5.77. The van der Waals surface area contributed by atoms with E-state index in [4.69, 9.17) is 4.98 Å². The van der Waals surface area contributed by atoms with E-state index in [0.29, 0.717) is 11.3 Å². The van der Waals surface area contributed by atoms with Gasteiger partial charge in [-0.3, -0.25) is 0 Å². The van der Waals surface area contributed by atoms with Gasteiger partial charge in [0, 0.05) is 5.92 Å². The summed E-state index contributed by atoms with van der Waals surface area (Å²) in [5.41, 5.74) is 5.45. The van der Waals surface area contributed by atoms with Crippen molar-refractivity contribution in [2.24, 2.45) is 11.3 Å². The molecule has 1 heterocycles. The largest absolute Gasteiger partial charge is 0.342 e. The van der Waals surface area contributed by atoms with Crippen LogP contribution < -0.4 is 0 Å². The van der Waals surface area contributed by atoms with Gasteiger partial charge < -0.3 is 4.98 Å². The predicted octanol–water partition coefficient (Wildman–Crippen LogP) is 5.50. The molecule has 0 radical (unpaired) electrons. The van der Waals surface area contributed by atoms with E-state index in [2.05, 4.69) is 51.7 Å². The fraction of sp³-hybridized carbons (Fsp3) is 0.632. The molecule has 2 nitrogen and oxygen atoms in total. The molecular formula is C19H28N2. The number of benzene rings is 1. The van der Waals surface area contributed by atoms with E-state index in [9.17, 15) is 0 Å². The Morgan fingerprint density at radius 1 is 1.00 bits per heavy atom. The first-order valence-electron chi connectivity index (χ1n) is 8.31. The molecule has 1 aromatic carbocycles. The maximum Gasteiger partial charge on any atom is 0.110 e. The number of aryl methyl sites for hydroxylation is 2. The van der Waals surface area contributed by atoms with E-state index in [-0.39, 0.29) is 0 Å². The van der Waals surface area contributed by atoms with Crippen molar-refractivity contribution < 1.29 is 0 Å². The van der Waals surface area contributed by atoms with Crippen molar-refractivity contribution in [2.75, 3.05) is 0 Å². The van der Waals surface area contributed by atoms with Crippen molar-refractivity contribution in [2.45, 2.75) is 66.2 Å². The zero-order valence-electron chi connectivity index (χ0n) is 14.1. The quantitative estimate of drug-likeness (QED) is 0.736. The van der Waals surface area contributed by atoms with Gasteiger partial charge in [-0.25, -0.2) is 4.98 Å². The lowest BCUT2D eigenvalue weighted by Crippen LogP contribution is -2.25. The summed E-state index contributed by atoms with van der Waals surface area (Å²) < 4.78 is 0. The lowest BCUT2D eigenvalue weighted by atomic mass is 9.70. The molecule has 0 amide bonds. The molecule has 0 saturated heterocycles. The van der Waals surface area contributed by atoms with Gasteiger partial charge in [-0.2, -0.15) is 0 Å². The van der Waals surface area contributed by atoms with Gasteiger partial charge in [0.25, 0.3) is 0 Å². The van der Waals surface area contributed by atoms with E-state index in [1.165, 1.54) is 48.2 Å². The van der Waals surface area contributed by atoms with Crippen LogP contribution in [0.4, 0.5) is 0 Å². The van der Waals surface area contributed by atoms with Gasteiger partial charge in [0.1, 0.15) is 5.82 Å². The maximum absolute atomic E-state index is 4.87. The fourth-order valence-electron chi connectivity index (χ4n) is 3.72. The summed E-state index contributed by atoms with van der Waals surface area (Å²) in [5, 5.41) is 0. The highest BCUT2D eigenvalue weighted by atomic mass is 14.9. The highest BCUT2D eigenvalue weighted by Crippen LogP contribution is 2.42. The molecule has 1 saturated carbocycles. The number of hydrogen-bond donors (Lipinski definition) is 1. The fourth-order valence-corrected chi connectivity index (χ4v) is 3.72. The van der Waals surface area contributed by atoms with E-state index in [0.717, 1.165) is 11.4 Å². The number of aromatic nitrogens is 2. The predicted molar refractivity (Wildman–Crippen MR) is 89.7 cm³/mol. The molecule has 3 rings (SSSR count). The van der Waals surface area contributed by atoms with Crippen molar-refractivity contribution in [1.29, 1.82) is 0 Å². The number of nitrogens with one attached hydrogen (secondary N) is 1. The first-order valence-corrected chi connectivity index (χ1v) is 8.31. The molecule has 0 spiro atoms. The minimum atomic E-state index is 0.451. The monoisotopic (exact) mass is 284 g/mol. The Balaban J connectivity index is 1.79. The first-order chi connectivity index (χ1) is 9.84. The standard InChI is InChI=1S/C19H28N2/c1-12-10-16-17(11-13(12)2)21-18(20-16)14-6-8-15(9-7-14)19(3,4)5/h10-11,14-15H,6-9H2,1-5H3,(H,20,21). The van der Waals surface area contributed by atoms with Gasteiger partial charge in [-0.15, -0.1) is 0 Å². The highest BCUT2D eigenvalue weighted by Gasteiger charge is 2.31. The molecule has 2 aromatic rings. The second-order valence-corrected chi connectivity index (χ2v) is 7.99. The molecule has 1 N–H and O–H groups in total. The molecule has 1 fully saturated rings. The summed E-state index contributed by atoms with van der Waals surface area (Å²) in [6.45, 7) is 11.5. The van der Waals surface area contributed by atoms with Crippen molar-refractivity contribution in [1.82, 2.24) is 9.97 Å². The van der Waals surface area contributed by atoms with Crippen LogP contribution in [-0.4, -0.2) is 9.97 Å².